The number of anilines is 1. The van der Waals surface area contributed by atoms with E-state index in [9.17, 15) is 21.6 Å². The molecule has 0 atom stereocenters. The van der Waals surface area contributed by atoms with Gasteiger partial charge in [0, 0.05) is 26.2 Å². The van der Waals surface area contributed by atoms with Crippen LogP contribution in [0.15, 0.2) is 55.4 Å². The van der Waals surface area contributed by atoms with E-state index in [1.54, 1.807) is 13.0 Å². The van der Waals surface area contributed by atoms with Crippen LogP contribution in [0.2, 0.25) is 0 Å². The molecule has 1 N–H and O–H groups in total. The topological polar surface area (TPSA) is 119 Å². The van der Waals surface area contributed by atoms with Crippen molar-refractivity contribution in [2.24, 2.45) is 7.05 Å². The van der Waals surface area contributed by atoms with Gasteiger partial charge in [-0.05, 0) is 49.6 Å². The van der Waals surface area contributed by atoms with Gasteiger partial charge in [-0.2, -0.15) is 4.31 Å². The predicted molar refractivity (Wildman–Crippen MR) is 116 cm³/mol. The van der Waals surface area contributed by atoms with Crippen molar-refractivity contribution >= 4 is 36.8 Å². The first-order valence-corrected chi connectivity index (χ1v) is 12.8. The van der Waals surface area contributed by atoms with Crippen molar-refractivity contribution in [2.75, 3.05) is 17.8 Å². The molecule has 1 saturated heterocycles. The number of nitrogens with one attached hydrogen (secondary N) is 1. The number of hydrogen-bond acceptors (Lipinski definition) is 6. The fourth-order valence-electron chi connectivity index (χ4n) is 3.68. The molecular formula is C20H23N3O6S2. The Hall–Kier alpha value is -2.63. The van der Waals surface area contributed by atoms with Crippen LogP contribution in [-0.2, 0) is 27.1 Å². The van der Waals surface area contributed by atoms with Crippen molar-refractivity contribution < 1.29 is 21.3 Å². The van der Waals surface area contributed by atoms with Crippen LogP contribution in [0, 0.1) is 6.92 Å². The van der Waals surface area contributed by atoms with Gasteiger partial charge >= 0.3 is 5.76 Å². The largest absolute Gasteiger partial charge is 0.419 e. The van der Waals surface area contributed by atoms with Gasteiger partial charge in [-0.25, -0.2) is 21.6 Å². The van der Waals surface area contributed by atoms with Crippen LogP contribution in [0.3, 0.4) is 0 Å². The Labute approximate surface area is 180 Å². The number of aryl methyl sites for hydroxylation is 2. The van der Waals surface area contributed by atoms with Crippen LogP contribution in [0.1, 0.15) is 24.8 Å². The average molecular weight is 466 g/mol. The van der Waals surface area contributed by atoms with Crippen LogP contribution in [0.4, 0.5) is 5.69 Å². The maximum Gasteiger partial charge on any atom is 0.419 e. The van der Waals surface area contributed by atoms with E-state index < -0.39 is 25.8 Å². The highest BCUT2D eigenvalue weighted by Gasteiger charge is 2.28. The Kier molecular flexibility index (Phi) is 5.44. The molecule has 11 heteroatoms. The number of hydrogen-bond donors (Lipinski definition) is 1. The first kappa shape index (κ1) is 21.6. The van der Waals surface area contributed by atoms with Gasteiger partial charge in [0.2, 0.25) is 10.0 Å². The molecule has 0 aliphatic carbocycles. The molecule has 2 aromatic carbocycles. The second kappa shape index (κ2) is 7.81. The van der Waals surface area contributed by atoms with Crippen LogP contribution in [-0.4, -0.2) is 38.8 Å². The lowest BCUT2D eigenvalue weighted by atomic mass is 10.2. The van der Waals surface area contributed by atoms with E-state index in [0.29, 0.717) is 24.2 Å². The number of fused-ring (bicyclic) bond motifs is 1. The van der Waals surface area contributed by atoms with Crippen LogP contribution >= 0.6 is 0 Å². The molecule has 0 unspecified atom stereocenters. The van der Waals surface area contributed by atoms with E-state index in [0.717, 1.165) is 19.3 Å². The number of oxazole rings is 1. The molecular weight excluding hydrogens is 442 g/mol. The molecule has 2 heterocycles. The Morgan fingerprint density at radius 2 is 1.68 bits per heavy atom. The van der Waals surface area contributed by atoms with Gasteiger partial charge in [0.25, 0.3) is 10.0 Å². The highest BCUT2D eigenvalue weighted by atomic mass is 32.2. The molecule has 0 saturated carbocycles. The normalized spacial score (nSPS) is 15.9. The summed E-state index contributed by atoms with van der Waals surface area (Å²) in [5.74, 6) is -0.594. The van der Waals surface area contributed by atoms with Crippen LogP contribution in [0.25, 0.3) is 11.1 Å². The van der Waals surface area contributed by atoms with E-state index in [1.807, 2.05) is 0 Å². The fourth-order valence-corrected chi connectivity index (χ4v) is 6.51. The third kappa shape index (κ3) is 4.00. The number of aromatic nitrogens is 1. The zero-order valence-electron chi connectivity index (χ0n) is 17.2. The van der Waals surface area contributed by atoms with Gasteiger partial charge in [-0.1, -0.05) is 12.5 Å². The minimum absolute atomic E-state index is 0.0825. The standard InChI is InChI=1S/C20H23N3O6S2/c1-14-6-7-15(12-19(14)31(27,28)23-10-4-3-5-11-23)21-30(25,26)16-8-9-17-18(13-16)29-20(24)22(17)2/h6-9,12-13,21H,3-5,10-11H2,1-2H3. The van der Waals surface area contributed by atoms with E-state index >= 15 is 0 Å². The summed E-state index contributed by atoms with van der Waals surface area (Å²) in [6, 6.07) is 8.55. The molecule has 0 radical (unpaired) electrons. The van der Waals surface area contributed by atoms with Gasteiger partial charge in [0.1, 0.15) is 0 Å². The molecule has 4 rings (SSSR count). The number of benzene rings is 2. The molecule has 3 aromatic rings. The summed E-state index contributed by atoms with van der Waals surface area (Å²) in [4.78, 5) is 11.6. The summed E-state index contributed by atoms with van der Waals surface area (Å²) in [6.45, 7) is 2.60. The molecule has 1 fully saturated rings. The van der Waals surface area contributed by atoms with E-state index in [4.69, 9.17) is 4.42 Å². The summed E-state index contributed by atoms with van der Waals surface area (Å²) in [5, 5.41) is 0. The Morgan fingerprint density at radius 3 is 2.39 bits per heavy atom. The van der Waals surface area contributed by atoms with Gasteiger partial charge < -0.3 is 4.42 Å². The number of sulfonamides is 2. The molecule has 31 heavy (non-hydrogen) atoms. The molecule has 0 amide bonds. The molecule has 9 nitrogen and oxygen atoms in total. The minimum atomic E-state index is -4.04. The molecule has 1 aliphatic rings. The second-order valence-electron chi connectivity index (χ2n) is 7.61. The lowest BCUT2D eigenvalue weighted by molar-refractivity contribution is 0.346. The average Bonchev–Trinajstić information content (AvgIpc) is 3.03. The SMILES string of the molecule is Cc1ccc(NS(=O)(=O)c2ccc3c(c2)oc(=O)n3C)cc1S(=O)(=O)N1CCCCC1. The maximum absolute atomic E-state index is 13.1. The first-order chi connectivity index (χ1) is 14.6. The van der Waals surface area contributed by atoms with E-state index in [1.165, 1.54) is 46.3 Å². The lowest BCUT2D eigenvalue weighted by Crippen LogP contribution is -2.36. The number of rotatable bonds is 5. The van der Waals surface area contributed by atoms with Crippen molar-refractivity contribution in [3.8, 4) is 0 Å². The van der Waals surface area contributed by atoms with E-state index in [-0.39, 0.29) is 21.1 Å². The second-order valence-corrected chi connectivity index (χ2v) is 11.2. The quantitative estimate of drug-likeness (QED) is 0.618. The Balaban J connectivity index is 1.67. The highest BCUT2D eigenvalue weighted by molar-refractivity contribution is 7.92. The Morgan fingerprint density at radius 1 is 0.968 bits per heavy atom. The molecule has 166 valence electrons. The smallest absolute Gasteiger partial charge is 0.408 e. The summed E-state index contributed by atoms with van der Waals surface area (Å²) in [5.41, 5.74) is 1.29. The van der Waals surface area contributed by atoms with Gasteiger partial charge in [0.05, 0.1) is 21.0 Å². The number of nitrogens with zero attached hydrogens (tertiary/aromatic N) is 2. The summed E-state index contributed by atoms with van der Waals surface area (Å²) < 4.78 is 62.1. The molecule has 1 aromatic heterocycles. The third-order valence-corrected chi connectivity index (χ3v) is 8.87. The van der Waals surface area contributed by atoms with Gasteiger partial charge in [-0.3, -0.25) is 9.29 Å². The third-order valence-electron chi connectivity index (χ3n) is 5.45. The lowest BCUT2D eigenvalue weighted by Gasteiger charge is -2.26. The molecule has 0 spiro atoms. The monoisotopic (exact) mass is 465 g/mol. The summed E-state index contributed by atoms with van der Waals surface area (Å²) in [6.07, 6.45) is 2.61. The predicted octanol–water partition coefficient (Wildman–Crippen LogP) is 2.42. The maximum atomic E-state index is 13.1. The van der Waals surface area contributed by atoms with Crippen molar-refractivity contribution in [1.82, 2.24) is 8.87 Å². The van der Waals surface area contributed by atoms with Crippen molar-refractivity contribution in [3.05, 3.63) is 52.5 Å². The molecule has 0 bridgehead atoms. The first-order valence-electron chi connectivity index (χ1n) is 9.83. The van der Waals surface area contributed by atoms with Crippen LogP contribution in [0.5, 0.6) is 0 Å². The minimum Gasteiger partial charge on any atom is -0.408 e. The van der Waals surface area contributed by atoms with Crippen LogP contribution < -0.4 is 10.5 Å². The Bertz CT molecular complexity index is 1410. The molecule has 1 aliphatic heterocycles. The fraction of sp³-hybridized carbons (Fsp3) is 0.350. The summed E-state index contributed by atoms with van der Waals surface area (Å²) >= 11 is 0. The van der Waals surface area contributed by atoms with Gasteiger partial charge in [-0.15, -0.1) is 0 Å². The van der Waals surface area contributed by atoms with Gasteiger partial charge in [0.15, 0.2) is 5.58 Å². The highest BCUT2D eigenvalue weighted by Crippen LogP contribution is 2.27. The van der Waals surface area contributed by atoms with Crippen molar-refractivity contribution in [1.29, 1.82) is 0 Å². The van der Waals surface area contributed by atoms with E-state index in [2.05, 4.69) is 4.72 Å². The number of piperidine rings is 1. The zero-order chi connectivity index (χ0) is 22.4. The van der Waals surface area contributed by atoms with Crippen molar-refractivity contribution in [2.45, 2.75) is 36.0 Å². The summed E-state index contributed by atoms with van der Waals surface area (Å²) in [7, 11) is -6.23. The zero-order valence-corrected chi connectivity index (χ0v) is 18.8. The van der Waals surface area contributed by atoms with Crippen molar-refractivity contribution in [3.63, 3.8) is 0 Å².